The fourth-order valence-corrected chi connectivity index (χ4v) is 1.93. The summed E-state index contributed by atoms with van der Waals surface area (Å²) in [5.74, 6) is 0. The summed E-state index contributed by atoms with van der Waals surface area (Å²) in [7, 11) is 0. The van der Waals surface area contributed by atoms with Gasteiger partial charge in [0.25, 0.3) is 0 Å². The van der Waals surface area contributed by atoms with E-state index in [2.05, 4.69) is 15.0 Å². The van der Waals surface area contributed by atoms with Crippen LogP contribution in [0.2, 0.25) is 0 Å². The summed E-state index contributed by atoms with van der Waals surface area (Å²) in [5, 5.41) is 2.21. The Morgan fingerprint density at radius 3 is 2.52 bits per heavy atom. The van der Waals surface area contributed by atoms with Gasteiger partial charge in [-0.1, -0.05) is 6.07 Å². The molecular weight excluding hydrogens is 367 g/mol. The van der Waals surface area contributed by atoms with Gasteiger partial charge in [0.15, 0.2) is 6.61 Å². The highest BCUT2D eigenvalue weighted by Gasteiger charge is 2.29. The average Bonchev–Trinajstić information content (AvgIpc) is 2.54. The molecule has 0 saturated heterocycles. The molecule has 0 radical (unpaired) electrons. The topological polar surface area (TPSA) is 80.8 Å². The first-order valence-corrected chi connectivity index (χ1v) is 8.30. The van der Waals surface area contributed by atoms with Gasteiger partial charge < -0.3 is 19.7 Å². The summed E-state index contributed by atoms with van der Waals surface area (Å²) >= 11 is 0. The number of hydrogen-bond acceptors (Lipinski definition) is 5. The van der Waals surface area contributed by atoms with Crippen molar-refractivity contribution in [1.29, 1.82) is 0 Å². The van der Waals surface area contributed by atoms with Crippen LogP contribution >= 0.6 is 0 Å². The summed E-state index contributed by atoms with van der Waals surface area (Å²) in [6.07, 6.45) is -2.74. The quantitative estimate of drug-likeness (QED) is 0.720. The molecule has 0 unspecified atom stereocenters. The molecule has 0 fully saturated rings. The minimum atomic E-state index is -4.57. The number of alkyl halides is 3. The summed E-state index contributed by atoms with van der Waals surface area (Å²) < 4.78 is 45.3. The molecule has 0 aromatic carbocycles. The Bertz CT molecular complexity index is 604. The SMILES string of the molecule is CC(C)(C)OC(=O)N(CCCNC(=O)OCC(F)(F)F)Cc1cccnc1. The van der Waals surface area contributed by atoms with Crippen LogP contribution in [0.3, 0.4) is 0 Å². The zero-order valence-corrected chi connectivity index (χ0v) is 15.5. The van der Waals surface area contributed by atoms with Crippen molar-refractivity contribution in [2.24, 2.45) is 0 Å². The zero-order valence-electron chi connectivity index (χ0n) is 15.5. The summed E-state index contributed by atoms with van der Waals surface area (Å²) in [5.41, 5.74) is 0.116. The lowest BCUT2D eigenvalue weighted by Crippen LogP contribution is -2.38. The van der Waals surface area contributed by atoms with Gasteiger partial charge in [-0.3, -0.25) is 4.98 Å². The Kier molecular flexibility index (Phi) is 8.32. The van der Waals surface area contributed by atoms with Gasteiger partial charge in [0.2, 0.25) is 0 Å². The molecule has 1 aromatic rings. The van der Waals surface area contributed by atoms with Gasteiger partial charge in [0, 0.05) is 25.5 Å². The molecule has 1 aromatic heterocycles. The lowest BCUT2D eigenvalue weighted by atomic mass is 10.2. The molecule has 1 N–H and O–H groups in total. The molecule has 10 heteroatoms. The number of alkyl carbamates (subject to hydrolysis) is 1. The van der Waals surface area contributed by atoms with Crippen LogP contribution < -0.4 is 5.32 Å². The van der Waals surface area contributed by atoms with E-state index in [1.54, 1.807) is 45.3 Å². The van der Waals surface area contributed by atoms with Gasteiger partial charge in [-0.05, 0) is 38.8 Å². The number of nitrogens with one attached hydrogen (secondary N) is 1. The zero-order chi connectivity index (χ0) is 20.5. The number of rotatable bonds is 7. The Balaban J connectivity index is 2.51. The fraction of sp³-hybridized carbons (Fsp3) is 0.588. The smallest absolute Gasteiger partial charge is 0.422 e. The minimum Gasteiger partial charge on any atom is -0.444 e. The number of halogens is 3. The minimum absolute atomic E-state index is 0.0447. The van der Waals surface area contributed by atoms with Gasteiger partial charge >= 0.3 is 18.4 Å². The van der Waals surface area contributed by atoms with Crippen LogP contribution in [0.4, 0.5) is 22.8 Å². The Labute approximate surface area is 155 Å². The van der Waals surface area contributed by atoms with Crippen LogP contribution in [-0.2, 0) is 16.0 Å². The van der Waals surface area contributed by atoms with Crippen LogP contribution in [0.5, 0.6) is 0 Å². The van der Waals surface area contributed by atoms with E-state index in [-0.39, 0.29) is 19.6 Å². The highest BCUT2D eigenvalue weighted by Crippen LogP contribution is 2.14. The molecule has 0 aliphatic heterocycles. The van der Waals surface area contributed by atoms with Crippen LogP contribution in [0.1, 0.15) is 32.8 Å². The lowest BCUT2D eigenvalue weighted by Gasteiger charge is -2.27. The van der Waals surface area contributed by atoms with Crippen molar-refractivity contribution in [2.45, 2.75) is 45.5 Å². The van der Waals surface area contributed by atoms with E-state index in [1.807, 2.05) is 0 Å². The first-order valence-electron chi connectivity index (χ1n) is 8.30. The molecule has 27 heavy (non-hydrogen) atoms. The number of carbonyl (C=O) groups excluding carboxylic acids is 2. The van der Waals surface area contributed by atoms with E-state index in [0.717, 1.165) is 5.56 Å². The van der Waals surface area contributed by atoms with Crippen molar-refractivity contribution in [3.8, 4) is 0 Å². The molecule has 0 aliphatic rings. The number of pyridine rings is 1. The molecule has 2 amide bonds. The Morgan fingerprint density at radius 1 is 1.26 bits per heavy atom. The number of hydrogen-bond donors (Lipinski definition) is 1. The Morgan fingerprint density at radius 2 is 1.96 bits per heavy atom. The van der Waals surface area contributed by atoms with E-state index in [0.29, 0.717) is 6.42 Å². The molecule has 0 spiro atoms. The number of carbonyl (C=O) groups is 2. The van der Waals surface area contributed by atoms with Crippen molar-refractivity contribution in [2.75, 3.05) is 19.7 Å². The largest absolute Gasteiger partial charge is 0.444 e. The number of aromatic nitrogens is 1. The summed E-state index contributed by atoms with van der Waals surface area (Å²) in [6.45, 7) is 4.10. The van der Waals surface area contributed by atoms with Crippen LogP contribution in [-0.4, -0.2) is 53.5 Å². The van der Waals surface area contributed by atoms with Crippen LogP contribution in [0.15, 0.2) is 24.5 Å². The first kappa shape index (κ1) is 22.5. The maximum absolute atomic E-state index is 12.4. The highest BCUT2D eigenvalue weighted by molar-refractivity contribution is 5.68. The predicted molar refractivity (Wildman–Crippen MR) is 90.9 cm³/mol. The molecule has 7 nitrogen and oxygen atoms in total. The van der Waals surface area contributed by atoms with Crippen LogP contribution in [0.25, 0.3) is 0 Å². The predicted octanol–water partition coefficient (Wildman–Crippen LogP) is 3.50. The second-order valence-corrected chi connectivity index (χ2v) is 6.73. The molecule has 0 aliphatic carbocycles. The van der Waals surface area contributed by atoms with Gasteiger partial charge in [0.1, 0.15) is 5.60 Å². The third-order valence-electron chi connectivity index (χ3n) is 2.99. The van der Waals surface area contributed by atoms with Gasteiger partial charge in [-0.2, -0.15) is 13.2 Å². The number of amides is 2. The van der Waals surface area contributed by atoms with E-state index in [1.165, 1.54) is 4.90 Å². The highest BCUT2D eigenvalue weighted by atomic mass is 19.4. The molecule has 152 valence electrons. The van der Waals surface area contributed by atoms with Gasteiger partial charge in [-0.25, -0.2) is 9.59 Å². The van der Waals surface area contributed by atoms with E-state index in [4.69, 9.17) is 4.74 Å². The third-order valence-corrected chi connectivity index (χ3v) is 2.99. The van der Waals surface area contributed by atoms with E-state index >= 15 is 0 Å². The van der Waals surface area contributed by atoms with Crippen molar-refractivity contribution in [1.82, 2.24) is 15.2 Å². The van der Waals surface area contributed by atoms with E-state index < -0.39 is 30.6 Å². The van der Waals surface area contributed by atoms with Crippen molar-refractivity contribution >= 4 is 12.2 Å². The van der Waals surface area contributed by atoms with Gasteiger partial charge in [0.05, 0.1) is 6.54 Å². The monoisotopic (exact) mass is 391 g/mol. The summed E-state index contributed by atoms with van der Waals surface area (Å²) in [6, 6.07) is 3.54. The molecule has 0 atom stereocenters. The lowest BCUT2D eigenvalue weighted by molar-refractivity contribution is -0.160. The second-order valence-electron chi connectivity index (χ2n) is 6.73. The third kappa shape index (κ3) is 10.9. The second kappa shape index (κ2) is 9.98. The van der Waals surface area contributed by atoms with Crippen molar-refractivity contribution in [3.05, 3.63) is 30.1 Å². The van der Waals surface area contributed by atoms with Crippen LogP contribution in [0, 0.1) is 0 Å². The molecule has 1 rings (SSSR count). The molecule has 0 saturated carbocycles. The van der Waals surface area contributed by atoms with Gasteiger partial charge in [-0.15, -0.1) is 0 Å². The standard InChI is InChI=1S/C17H24F3N3O4/c1-16(2,3)27-15(25)23(11-13-6-4-7-21-10-13)9-5-8-22-14(24)26-12-17(18,19)20/h4,6-7,10H,5,8-9,11-12H2,1-3H3,(H,22,24). The average molecular weight is 391 g/mol. The maximum atomic E-state index is 12.4. The normalized spacial score (nSPS) is 11.6. The number of ether oxygens (including phenoxy) is 2. The number of nitrogens with zero attached hydrogens (tertiary/aromatic N) is 2. The molecule has 1 heterocycles. The maximum Gasteiger partial charge on any atom is 0.422 e. The van der Waals surface area contributed by atoms with Crippen molar-refractivity contribution < 1.29 is 32.2 Å². The van der Waals surface area contributed by atoms with Crippen molar-refractivity contribution in [3.63, 3.8) is 0 Å². The van der Waals surface area contributed by atoms with E-state index in [9.17, 15) is 22.8 Å². The fourth-order valence-electron chi connectivity index (χ4n) is 1.93. The Hall–Kier alpha value is -2.52. The molecular formula is C17H24F3N3O4. The summed E-state index contributed by atoms with van der Waals surface area (Å²) in [4.78, 5) is 29.0. The first-order chi connectivity index (χ1) is 12.5. The molecule has 0 bridgehead atoms.